The number of rotatable bonds is 6. The Morgan fingerprint density at radius 3 is 2.62 bits per heavy atom. The summed E-state index contributed by atoms with van der Waals surface area (Å²) in [7, 11) is 0. The molecule has 0 radical (unpaired) electrons. The Kier molecular flexibility index (Phi) is 6.08. The van der Waals surface area contributed by atoms with Gasteiger partial charge in [0.1, 0.15) is 5.75 Å². The van der Waals surface area contributed by atoms with Gasteiger partial charge in [-0.3, -0.25) is 14.9 Å². The molecule has 124 valence electrons. The molecule has 0 fully saturated rings. The summed E-state index contributed by atoms with van der Waals surface area (Å²) in [6.07, 6.45) is 3.01. The summed E-state index contributed by atoms with van der Waals surface area (Å²) in [4.78, 5) is 22.2. The third kappa shape index (κ3) is 4.92. The lowest BCUT2D eigenvalue weighted by atomic mass is 10.2. The third-order valence-electron chi connectivity index (χ3n) is 3.04. The predicted molar refractivity (Wildman–Crippen MR) is 96.1 cm³/mol. The van der Waals surface area contributed by atoms with E-state index >= 15 is 0 Å². The number of benzene rings is 2. The number of nitro groups is 1. The van der Waals surface area contributed by atoms with Crippen molar-refractivity contribution >= 4 is 39.3 Å². The number of ether oxygens (including phenoxy) is 1. The Bertz CT molecular complexity index is 773. The van der Waals surface area contributed by atoms with Crippen LogP contribution in [0.3, 0.4) is 0 Å². The SMILES string of the molecule is CCOc1ccc(/C=C/C(=O)Nc2cc([N+](=O)[O-])ccc2Br)cc1. The number of nitrogens with one attached hydrogen (secondary N) is 1. The van der Waals surface area contributed by atoms with E-state index in [0.717, 1.165) is 11.3 Å². The van der Waals surface area contributed by atoms with E-state index in [2.05, 4.69) is 21.2 Å². The molecule has 2 rings (SSSR count). The predicted octanol–water partition coefficient (Wildman–Crippen LogP) is 4.41. The van der Waals surface area contributed by atoms with E-state index in [4.69, 9.17) is 4.74 Å². The molecule has 0 saturated carbocycles. The van der Waals surface area contributed by atoms with Crippen LogP contribution in [0.1, 0.15) is 12.5 Å². The molecule has 6 nitrogen and oxygen atoms in total. The smallest absolute Gasteiger partial charge is 0.271 e. The van der Waals surface area contributed by atoms with Crippen molar-refractivity contribution in [1.82, 2.24) is 0 Å². The Balaban J connectivity index is 2.05. The number of nitro benzene ring substituents is 1. The Hall–Kier alpha value is -2.67. The standard InChI is InChI=1S/C17H15BrN2O4/c1-2-24-14-7-3-12(4-8-14)5-10-17(21)19-16-11-13(20(22)23)6-9-15(16)18/h3-11H,2H2,1H3,(H,19,21)/b10-5+. The Morgan fingerprint density at radius 1 is 1.29 bits per heavy atom. The van der Waals surface area contributed by atoms with Crippen LogP contribution in [0.15, 0.2) is 53.0 Å². The molecular weight excluding hydrogens is 376 g/mol. The van der Waals surface area contributed by atoms with Gasteiger partial charge >= 0.3 is 0 Å². The van der Waals surface area contributed by atoms with Crippen molar-refractivity contribution < 1.29 is 14.5 Å². The number of anilines is 1. The maximum Gasteiger partial charge on any atom is 0.271 e. The summed E-state index contributed by atoms with van der Waals surface area (Å²) in [5.74, 6) is 0.379. The fourth-order valence-electron chi connectivity index (χ4n) is 1.91. The molecule has 1 amide bonds. The molecule has 1 N–H and O–H groups in total. The molecule has 0 unspecified atom stereocenters. The first-order valence-electron chi connectivity index (χ1n) is 7.15. The van der Waals surface area contributed by atoms with Gasteiger partial charge in [0, 0.05) is 22.7 Å². The number of halogens is 1. The normalized spacial score (nSPS) is 10.6. The quantitative estimate of drug-likeness (QED) is 0.449. The number of carbonyl (C=O) groups is 1. The van der Waals surface area contributed by atoms with E-state index in [9.17, 15) is 14.9 Å². The van der Waals surface area contributed by atoms with Crippen molar-refractivity contribution in [2.24, 2.45) is 0 Å². The molecule has 7 heteroatoms. The second-order valence-electron chi connectivity index (χ2n) is 4.75. The maximum absolute atomic E-state index is 12.0. The zero-order valence-electron chi connectivity index (χ0n) is 12.9. The average molecular weight is 391 g/mol. The molecule has 0 saturated heterocycles. The van der Waals surface area contributed by atoms with Crippen LogP contribution in [-0.4, -0.2) is 17.4 Å². The van der Waals surface area contributed by atoms with Gasteiger partial charge in [0.25, 0.3) is 5.69 Å². The molecule has 0 aromatic heterocycles. The maximum atomic E-state index is 12.0. The van der Waals surface area contributed by atoms with Crippen LogP contribution in [0.4, 0.5) is 11.4 Å². The minimum Gasteiger partial charge on any atom is -0.494 e. The van der Waals surface area contributed by atoms with Gasteiger partial charge in [-0.25, -0.2) is 0 Å². The minimum atomic E-state index is -0.516. The molecule has 2 aromatic rings. The van der Waals surface area contributed by atoms with Gasteiger partial charge in [-0.1, -0.05) is 12.1 Å². The van der Waals surface area contributed by atoms with E-state index in [0.29, 0.717) is 16.8 Å². The molecule has 24 heavy (non-hydrogen) atoms. The highest BCUT2D eigenvalue weighted by Gasteiger charge is 2.10. The number of nitrogens with zero attached hydrogens (tertiary/aromatic N) is 1. The number of carbonyl (C=O) groups excluding carboxylic acids is 1. The van der Waals surface area contributed by atoms with Gasteiger partial charge in [0.2, 0.25) is 5.91 Å². The van der Waals surface area contributed by atoms with Gasteiger partial charge in [-0.15, -0.1) is 0 Å². The topological polar surface area (TPSA) is 81.5 Å². The van der Waals surface area contributed by atoms with Crippen molar-refractivity contribution in [1.29, 1.82) is 0 Å². The molecule has 0 heterocycles. The first-order chi connectivity index (χ1) is 11.5. The van der Waals surface area contributed by atoms with Crippen LogP contribution in [-0.2, 0) is 4.79 Å². The van der Waals surface area contributed by atoms with Crippen molar-refractivity contribution in [3.63, 3.8) is 0 Å². The molecule has 0 aliphatic carbocycles. The van der Waals surface area contributed by atoms with Crippen LogP contribution in [0.25, 0.3) is 6.08 Å². The van der Waals surface area contributed by atoms with Gasteiger partial charge in [0.05, 0.1) is 17.2 Å². The van der Waals surface area contributed by atoms with Crippen molar-refractivity contribution in [2.75, 3.05) is 11.9 Å². The summed E-state index contributed by atoms with van der Waals surface area (Å²) in [5, 5.41) is 13.4. The van der Waals surface area contributed by atoms with Gasteiger partial charge in [-0.2, -0.15) is 0 Å². The molecule has 0 aliphatic rings. The fraction of sp³-hybridized carbons (Fsp3) is 0.118. The van der Waals surface area contributed by atoms with E-state index in [1.54, 1.807) is 6.08 Å². The van der Waals surface area contributed by atoms with E-state index in [1.807, 2.05) is 31.2 Å². The molecule has 0 atom stereocenters. The largest absolute Gasteiger partial charge is 0.494 e. The highest BCUT2D eigenvalue weighted by Crippen LogP contribution is 2.27. The van der Waals surface area contributed by atoms with Crippen LogP contribution in [0, 0.1) is 10.1 Å². The van der Waals surface area contributed by atoms with Crippen molar-refractivity contribution in [3.8, 4) is 5.75 Å². The number of hydrogen-bond donors (Lipinski definition) is 1. The van der Waals surface area contributed by atoms with Crippen LogP contribution >= 0.6 is 15.9 Å². The van der Waals surface area contributed by atoms with Crippen molar-refractivity contribution in [3.05, 3.63) is 68.7 Å². The van der Waals surface area contributed by atoms with Gasteiger partial charge in [0.15, 0.2) is 0 Å². The summed E-state index contributed by atoms with van der Waals surface area (Å²) >= 11 is 3.25. The highest BCUT2D eigenvalue weighted by atomic mass is 79.9. The van der Waals surface area contributed by atoms with Crippen LogP contribution in [0.2, 0.25) is 0 Å². The number of non-ortho nitro benzene ring substituents is 1. The lowest BCUT2D eigenvalue weighted by Gasteiger charge is -2.05. The van der Waals surface area contributed by atoms with E-state index in [1.165, 1.54) is 24.3 Å². The lowest BCUT2D eigenvalue weighted by Crippen LogP contribution is -2.08. The third-order valence-corrected chi connectivity index (χ3v) is 3.73. The Labute approximate surface area is 147 Å². The van der Waals surface area contributed by atoms with Crippen molar-refractivity contribution in [2.45, 2.75) is 6.92 Å². The summed E-state index contributed by atoms with van der Waals surface area (Å²) in [5.41, 5.74) is 1.08. The van der Waals surface area contributed by atoms with Gasteiger partial charge in [-0.05, 0) is 52.7 Å². The number of amides is 1. The lowest BCUT2D eigenvalue weighted by molar-refractivity contribution is -0.384. The highest BCUT2D eigenvalue weighted by molar-refractivity contribution is 9.10. The summed E-state index contributed by atoms with van der Waals surface area (Å²) < 4.78 is 5.91. The van der Waals surface area contributed by atoms with E-state index in [-0.39, 0.29) is 11.6 Å². The molecule has 0 aliphatic heterocycles. The zero-order chi connectivity index (χ0) is 17.5. The fourth-order valence-corrected chi connectivity index (χ4v) is 2.26. The molecular formula is C17H15BrN2O4. The zero-order valence-corrected chi connectivity index (χ0v) is 14.4. The molecule has 0 spiro atoms. The Morgan fingerprint density at radius 2 is 2.00 bits per heavy atom. The first kappa shape index (κ1) is 17.7. The summed E-state index contributed by atoms with van der Waals surface area (Å²) in [6.45, 7) is 2.50. The number of hydrogen-bond acceptors (Lipinski definition) is 4. The summed E-state index contributed by atoms with van der Waals surface area (Å²) in [6, 6.07) is 11.5. The second kappa shape index (κ2) is 8.26. The van der Waals surface area contributed by atoms with Gasteiger partial charge < -0.3 is 10.1 Å². The second-order valence-corrected chi connectivity index (χ2v) is 5.60. The van der Waals surface area contributed by atoms with Crippen LogP contribution < -0.4 is 10.1 Å². The van der Waals surface area contributed by atoms with Crippen LogP contribution in [0.5, 0.6) is 5.75 Å². The van der Waals surface area contributed by atoms with E-state index < -0.39 is 4.92 Å². The monoisotopic (exact) mass is 390 g/mol. The first-order valence-corrected chi connectivity index (χ1v) is 7.94. The minimum absolute atomic E-state index is 0.0935. The molecule has 2 aromatic carbocycles. The molecule has 0 bridgehead atoms. The average Bonchev–Trinajstić information content (AvgIpc) is 2.56.